The molecule has 1 aromatic rings. The third-order valence-corrected chi connectivity index (χ3v) is 6.31. The van der Waals surface area contributed by atoms with Crippen LogP contribution in [0.3, 0.4) is 0 Å². The first-order chi connectivity index (χ1) is 15.6. The Hall–Kier alpha value is -1.63. The summed E-state index contributed by atoms with van der Waals surface area (Å²) < 4.78 is 57.8. The number of carbonyl (C=O) groups is 2. The number of alkyl halides is 3. The Morgan fingerprint density at radius 1 is 1.21 bits per heavy atom. The molecule has 1 aliphatic carbocycles. The van der Waals surface area contributed by atoms with E-state index in [2.05, 4.69) is 26.1 Å². The Morgan fingerprint density at radius 2 is 1.85 bits per heavy atom. The number of para-hydroxylation sites is 1. The lowest BCUT2D eigenvalue weighted by Gasteiger charge is -2.34. The van der Waals surface area contributed by atoms with Crippen molar-refractivity contribution in [2.45, 2.75) is 62.7 Å². The fourth-order valence-electron chi connectivity index (χ4n) is 3.20. The number of unbranched alkanes of at least 4 members (excludes halogenated alkanes) is 3. The molecule has 8 nitrogen and oxygen atoms in total. The monoisotopic (exact) mass is 556 g/mol. The summed E-state index contributed by atoms with van der Waals surface area (Å²) in [5.74, 6) is -1.90. The molecule has 2 N–H and O–H groups in total. The molecule has 0 saturated heterocycles. The maximum atomic E-state index is 12.6. The van der Waals surface area contributed by atoms with Crippen LogP contribution in [0.1, 0.15) is 51.4 Å². The molecule has 0 bridgehead atoms. The van der Waals surface area contributed by atoms with Crippen molar-refractivity contribution in [3.05, 3.63) is 30.3 Å². The number of rotatable bonds is 11. The van der Waals surface area contributed by atoms with Gasteiger partial charge in [0.15, 0.2) is 5.78 Å². The molecule has 188 valence electrons. The van der Waals surface area contributed by atoms with Crippen molar-refractivity contribution >= 4 is 43.5 Å². The average Bonchev–Trinajstić information content (AvgIpc) is 2.78. The van der Waals surface area contributed by atoms with Crippen LogP contribution in [0.4, 0.5) is 14.5 Å². The summed E-state index contributed by atoms with van der Waals surface area (Å²) in [5, 5.41) is -2.09. The highest BCUT2D eigenvalue weighted by atomic mass is 79.9. The minimum Gasteiger partial charge on any atom is -0.460 e. The number of anilines is 1. The number of ether oxygens (including phenoxy) is 1. The second-order valence-corrected chi connectivity index (χ2v) is 9.64. The van der Waals surface area contributed by atoms with Crippen molar-refractivity contribution in [2.24, 2.45) is 0 Å². The van der Waals surface area contributed by atoms with Gasteiger partial charge in [-0.2, -0.15) is 17.2 Å². The SMILES string of the molecule is CNN(c1ccccc1)C1CCCCC1=O.O=C(OCCCCCCBr)C(F)(F)S(=O)(=O)O. The van der Waals surface area contributed by atoms with Crippen LogP contribution in [0.25, 0.3) is 0 Å². The number of hydrogen-bond acceptors (Lipinski definition) is 7. The lowest BCUT2D eigenvalue weighted by atomic mass is 9.93. The Balaban J connectivity index is 0.000000330. The Labute approximate surface area is 201 Å². The zero-order chi connectivity index (χ0) is 24.9. The number of ketones is 1. The van der Waals surface area contributed by atoms with E-state index in [0.29, 0.717) is 18.6 Å². The fraction of sp³-hybridized carbons (Fsp3) is 0.619. The van der Waals surface area contributed by atoms with Gasteiger partial charge in [-0.15, -0.1) is 0 Å². The lowest BCUT2D eigenvalue weighted by molar-refractivity contribution is -0.161. The van der Waals surface area contributed by atoms with Gasteiger partial charge in [-0.05, 0) is 37.8 Å². The van der Waals surface area contributed by atoms with Gasteiger partial charge in [-0.25, -0.2) is 10.2 Å². The molecule has 12 heteroatoms. The second kappa shape index (κ2) is 14.6. The number of hydrazine groups is 1. The number of hydrogen-bond donors (Lipinski definition) is 2. The molecule has 1 aliphatic rings. The van der Waals surface area contributed by atoms with Crippen LogP contribution in [-0.2, 0) is 24.4 Å². The summed E-state index contributed by atoms with van der Waals surface area (Å²) in [7, 11) is -3.90. The normalized spacial score (nSPS) is 16.5. The van der Waals surface area contributed by atoms with Gasteiger partial charge in [-0.1, -0.05) is 53.4 Å². The van der Waals surface area contributed by atoms with Crippen molar-refractivity contribution in [2.75, 3.05) is 24.0 Å². The summed E-state index contributed by atoms with van der Waals surface area (Å²) in [6.07, 6.45) is 6.65. The first kappa shape index (κ1) is 29.4. The van der Waals surface area contributed by atoms with Crippen LogP contribution in [0.2, 0.25) is 0 Å². The van der Waals surface area contributed by atoms with Gasteiger partial charge in [0.1, 0.15) is 6.04 Å². The number of nitrogens with one attached hydrogen (secondary N) is 1. The molecule has 1 aromatic carbocycles. The van der Waals surface area contributed by atoms with Crippen LogP contribution >= 0.6 is 15.9 Å². The molecule has 1 unspecified atom stereocenters. The zero-order valence-corrected chi connectivity index (χ0v) is 20.9. The molecule has 33 heavy (non-hydrogen) atoms. The lowest BCUT2D eigenvalue weighted by Crippen LogP contribution is -2.49. The standard InChI is InChI=1S/C13H18N2O.C8H13BrF2O5S/c1-14-15(11-7-3-2-4-8-11)12-9-5-6-10-13(12)16;9-5-3-1-2-4-6-16-7(12)8(10,11)17(13,14)15/h2-4,7-8,12,14H,5-6,9-10H2,1H3;1-6H2,(H,13,14,15). The van der Waals surface area contributed by atoms with E-state index in [0.717, 1.165) is 49.5 Å². The molecule has 1 saturated carbocycles. The van der Waals surface area contributed by atoms with E-state index in [4.69, 9.17) is 4.55 Å². The largest absolute Gasteiger partial charge is 0.465 e. The van der Waals surface area contributed by atoms with Gasteiger partial charge >= 0.3 is 21.3 Å². The summed E-state index contributed by atoms with van der Waals surface area (Å²) >= 11 is 3.21. The van der Waals surface area contributed by atoms with Gasteiger partial charge in [0, 0.05) is 18.8 Å². The smallest absolute Gasteiger partial charge is 0.460 e. The third kappa shape index (κ3) is 9.63. The van der Waals surface area contributed by atoms with Gasteiger partial charge < -0.3 is 4.74 Å². The minimum atomic E-state index is -5.77. The topological polar surface area (TPSA) is 113 Å². The summed E-state index contributed by atoms with van der Waals surface area (Å²) in [6.45, 7) is -0.299. The van der Waals surface area contributed by atoms with E-state index in [9.17, 15) is 26.8 Å². The molecule has 1 atom stereocenters. The first-order valence-electron chi connectivity index (χ1n) is 10.7. The van der Waals surface area contributed by atoms with Crippen molar-refractivity contribution in [3.8, 4) is 0 Å². The van der Waals surface area contributed by atoms with E-state index >= 15 is 0 Å². The molecule has 1 fully saturated rings. The highest BCUT2D eigenvalue weighted by molar-refractivity contribution is 9.09. The number of halogens is 3. The van der Waals surface area contributed by atoms with Crippen LogP contribution in [0.15, 0.2) is 30.3 Å². The van der Waals surface area contributed by atoms with Gasteiger partial charge in [0.2, 0.25) is 0 Å². The molecule has 0 heterocycles. The van der Waals surface area contributed by atoms with Crippen molar-refractivity contribution in [1.82, 2.24) is 5.43 Å². The summed E-state index contributed by atoms with van der Waals surface area (Å²) in [4.78, 5) is 22.6. The first-order valence-corrected chi connectivity index (χ1v) is 13.2. The van der Waals surface area contributed by atoms with Gasteiger partial charge in [-0.3, -0.25) is 14.4 Å². The maximum absolute atomic E-state index is 12.6. The molecule has 0 radical (unpaired) electrons. The van der Waals surface area contributed by atoms with Gasteiger partial charge in [0.05, 0.1) is 12.3 Å². The number of carbonyl (C=O) groups excluding carboxylic acids is 2. The van der Waals surface area contributed by atoms with Crippen LogP contribution < -0.4 is 10.4 Å². The minimum absolute atomic E-state index is 0.00106. The predicted molar refractivity (Wildman–Crippen MR) is 125 cm³/mol. The average molecular weight is 557 g/mol. The highest BCUT2D eigenvalue weighted by Gasteiger charge is 2.54. The van der Waals surface area contributed by atoms with Gasteiger partial charge in [0.25, 0.3) is 0 Å². The molecule has 0 aromatic heterocycles. The van der Waals surface area contributed by atoms with Crippen LogP contribution in [-0.4, -0.2) is 55.0 Å². The fourth-order valence-corrected chi connectivity index (χ4v) is 3.86. The Bertz CT molecular complexity index is 842. The molecule has 0 spiro atoms. The molecular formula is C21H31BrF2N2O6S. The van der Waals surface area contributed by atoms with E-state index in [-0.39, 0.29) is 12.6 Å². The molecule has 2 rings (SSSR count). The van der Waals surface area contributed by atoms with Crippen LogP contribution in [0, 0.1) is 0 Å². The van der Waals surface area contributed by atoms with E-state index in [1.54, 1.807) is 0 Å². The second-order valence-electron chi connectivity index (χ2n) is 7.39. The summed E-state index contributed by atoms with van der Waals surface area (Å²) in [5.41, 5.74) is 4.19. The van der Waals surface area contributed by atoms with Crippen molar-refractivity contribution in [1.29, 1.82) is 0 Å². The molecule has 0 amide bonds. The maximum Gasteiger partial charge on any atom is 0.465 e. The molecule has 0 aliphatic heterocycles. The van der Waals surface area contributed by atoms with E-state index in [1.165, 1.54) is 0 Å². The van der Waals surface area contributed by atoms with Crippen molar-refractivity contribution in [3.63, 3.8) is 0 Å². The Kier molecular flexibility index (Phi) is 13.0. The quantitative estimate of drug-likeness (QED) is 0.138. The number of benzene rings is 1. The number of Topliss-reactive ketones (excluding diaryl/α,β-unsaturated/α-hetero) is 1. The predicted octanol–water partition coefficient (Wildman–Crippen LogP) is 4.10. The Morgan fingerprint density at radius 3 is 2.39 bits per heavy atom. The summed E-state index contributed by atoms with van der Waals surface area (Å²) in [6, 6.07) is 10.0. The number of esters is 1. The molecular weight excluding hydrogens is 526 g/mol. The van der Waals surface area contributed by atoms with Crippen molar-refractivity contribution < 1.29 is 36.1 Å². The number of nitrogens with zero attached hydrogens (tertiary/aromatic N) is 1. The highest BCUT2D eigenvalue weighted by Crippen LogP contribution is 2.24. The van der Waals surface area contributed by atoms with E-state index < -0.39 is 21.3 Å². The van der Waals surface area contributed by atoms with Crippen LogP contribution in [0.5, 0.6) is 0 Å². The zero-order valence-electron chi connectivity index (χ0n) is 18.5. The van der Waals surface area contributed by atoms with E-state index in [1.807, 2.05) is 42.4 Å². The third-order valence-electron chi connectivity index (χ3n) is 4.93.